The predicted molar refractivity (Wildman–Crippen MR) is 133 cm³/mol. The minimum absolute atomic E-state index is 0.268. The van der Waals surface area contributed by atoms with Crippen molar-refractivity contribution in [1.82, 2.24) is 9.80 Å². The Labute approximate surface area is 200 Å². The first-order chi connectivity index (χ1) is 16.5. The summed E-state index contributed by atoms with van der Waals surface area (Å²) in [5.74, 6) is -0.536. The summed E-state index contributed by atoms with van der Waals surface area (Å²) >= 11 is 0. The van der Waals surface area contributed by atoms with E-state index in [1.807, 2.05) is 54.6 Å². The van der Waals surface area contributed by atoms with Gasteiger partial charge in [0.15, 0.2) is 0 Å². The van der Waals surface area contributed by atoms with Crippen molar-refractivity contribution in [3.8, 4) is 0 Å². The zero-order valence-corrected chi connectivity index (χ0v) is 19.6. The Hall–Kier alpha value is -2.80. The van der Waals surface area contributed by atoms with Gasteiger partial charge in [-0.3, -0.25) is 9.80 Å². The monoisotopic (exact) mass is 465 g/mol. The second kappa shape index (κ2) is 11.1. The van der Waals surface area contributed by atoms with Crippen molar-refractivity contribution in [3.63, 3.8) is 0 Å². The van der Waals surface area contributed by atoms with Gasteiger partial charge in [0, 0.05) is 45.0 Å². The van der Waals surface area contributed by atoms with Crippen molar-refractivity contribution < 1.29 is 13.9 Å². The highest BCUT2D eigenvalue weighted by molar-refractivity contribution is 5.42. The lowest BCUT2D eigenvalue weighted by atomic mass is 9.78. The van der Waals surface area contributed by atoms with Gasteiger partial charge in [-0.2, -0.15) is 0 Å². The number of nitrogens with zero attached hydrogens (tertiary/aromatic N) is 2. The highest BCUT2D eigenvalue weighted by Crippen LogP contribution is 2.40. The predicted octanol–water partition coefficient (Wildman–Crippen LogP) is 4.71. The van der Waals surface area contributed by atoms with Gasteiger partial charge < -0.3 is 10.4 Å². The summed E-state index contributed by atoms with van der Waals surface area (Å²) in [7, 11) is 0. The van der Waals surface area contributed by atoms with E-state index in [9.17, 15) is 13.9 Å². The standard InChI is InChI=1S/C28H33F2N3O/c1-2-28(22-8-12-24(29)13-9-22,23-10-14-25(30)15-11-23)33-18-16-32(17-19-33)21-27(34)20-31-26-6-4-3-5-7-26/h3-15,27,31,34H,2,16-21H2,1H3. The first-order valence-electron chi connectivity index (χ1n) is 12.0. The largest absolute Gasteiger partial charge is 0.390 e. The van der Waals surface area contributed by atoms with Gasteiger partial charge >= 0.3 is 0 Å². The van der Waals surface area contributed by atoms with Crippen LogP contribution in [0, 0.1) is 11.6 Å². The molecule has 0 saturated carbocycles. The number of nitrogens with one attached hydrogen (secondary N) is 1. The molecule has 4 rings (SSSR count). The number of β-amino-alcohol motifs (C(OH)–C–C–N with tert-alkyl or cyclic N) is 1. The van der Waals surface area contributed by atoms with Gasteiger partial charge in [0.1, 0.15) is 11.6 Å². The van der Waals surface area contributed by atoms with Crippen LogP contribution in [0.25, 0.3) is 0 Å². The highest BCUT2D eigenvalue weighted by Gasteiger charge is 2.40. The number of rotatable bonds is 9. The number of piperazine rings is 1. The first-order valence-corrected chi connectivity index (χ1v) is 12.0. The van der Waals surface area contributed by atoms with Crippen LogP contribution in [-0.4, -0.2) is 60.3 Å². The first kappa shape index (κ1) is 24.3. The second-order valence-corrected chi connectivity index (χ2v) is 8.92. The molecule has 180 valence electrons. The zero-order chi connectivity index (χ0) is 24.0. The van der Waals surface area contributed by atoms with Crippen molar-refractivity contribution in [1.29, 1.82) is 0 Å². The van der Waals surface area contributed by atoms with Gasteiger partial charge in [0.2, 0.25) is 0 Å². The molecule has 0 aromatic heterocycles. The van der Waals surface area contributed by atoms with Crippen molar-refractivity contribution in [2.45, 2.75) is 25.0 Å². The fourth-order valence-corrected chi connectivity index (χ4v) is 5.08. The van der Waals surface area contributed by atoms with E-state index in [1.165, 1.54) is 24.3 Å². The van der Waals surface area contributed by atoms with Gasteiger partial charge in [-0.15, -0.1) is 0 Å². The topological polar surface area (TPSA) is 38.7 Å². The Balaban J connectivity index is 1.45. The normalized spacial score (nSPS) is 16.4. The molecule has 4 nitrogen and oxygen atoms in total. The molecule has 0 bridgehead atoms. The molecule has 3 aromatic rings. The van der Waals surface area contributed by atoms with E-state index < -0.39 is 11.6 Å². The molecule has 1 atom stereocenters. The molecule has 1 aliphatic rings. The number of benzene rings is 3. The van der Waals surface area contributed by atoms with E-state index in [0.29, 0.717) is 13.1 Å². The van der Waals surface area contributed by atoms with Gasteiger partial charge in [-0.25, -0.2) is 8.78 Å². The Bertz CT molecular complexity index is 974. The van der Waals surface area contributed by atoms with Crippen molar-refractivity contribution in [2.24, 2.45) is 0 Å². The molecule has 0 radical (unpaired) electrons. The van der Waals surface area contributed by atoms with Crippen LogP contribution in [0.2, 0.25) is 0 Å². The Morgan fingerprint density at radius 2 is 1.35 bits per heavy atom. The van der Waals surface area contributed by atoms with Crippen molar-refractivity contribution >= 4 is 5.69 Å². The average Bonchev–Trinajstić information content (AvgIpc) is 2.87. The number of aliphatic hydroxyl groups is 1. The van der Waals surface area contributed by atoms with E-state index in [1.54, 1.807) is 0 Å². The van der Waals surface area contributed by atoms with Crippen LogP contribution in [0.4, 0.5) is 14.5 Å². The van der Waals surface area contributed by atoms with E-state index in [-0.39, 0.29) is 11.6 Å². The third-order valence-electron chi connectivity index (χ3n) is 6.85. The molecule has 0 amide bonds. The number of hydrogen-bond donors (Lipinski definition) is 2. The van der Waals surface area contributed by atoms with E-state index >= 15 is 0 Å². The Morgan fingerprint density at radius 3 is 1.85 bits per heavy atom. The average molecular weight is 466 g/mol. The van der Waals surface area contributed by atoms with Gasteiger partial charge in [-0.1, -0.05) is 49.4 Å². The highest BCUT2D eigenvalue weighted by atomic mass is 19.1. The summed E-state index contributed by atoms with van der Waals surface area (Å²) < 4.78 is 27.4. The molecule has 1 heterocycles. The molecule has 6 heteroatoms. The fourth-order valence-electron chi connectivity index (χ4n) is 5.08. The minimum atomic E-state index is -0.475. The third kappa shape index (κ3) is 5.46. The molecule has 34 heavy (non-hydrogen) atoms. The van der Waals surface area contributed by atoms with Crippen molar-refractivity contribution in [3.05, 3.63) is 102 Å². The maximum absolute atomic E-state index is 13.7. The lowest BCUT2D eigenvalue weighted by molar-refractivity contribution is 0.0304. The molecule has 0 aliphatic carbocycles. The molecule has 1 unspecified atom stereocenters. The number of hydrogen-bond acceptors (Lipinski definition) is 4. The van der Waals surface area contributed by atoms with Crippen LogP contribution in [0.1, 0.15) is 24.5 Å². The molecule has 1 fully saturated rings. The Morgan fingerprint density at radius 1 is 0.824 bits per heavy atom. The molecular weight excluding hydrogens is 432 g/mol. The van der Waals surface area contributed by atoms with Gasteiger partial charge in [0.05, 0.1) is 11.6 Å². The zero-order valence-electron chi connectivity index (χ0n) is 19.6. The van der Waals surface area contributed by atoms with Gasteiger partial charge in [0.25, 0.3) is 0 Å². The summed E-state index contributed by atoms with van der Waals surface area (Å²) in [5, 5.41) is 13.8. The molecule has 0 spiro atoms. The molecule has 1 aliphatic heterocycles. The minimum Gasteiger partial charge on any atom is -0.390 e. The molecule has 1 saturated heterocycles. The van der Waals surface area contributed by atoms with Crippen LogP contribution in [0.3, 0.4) is 0 Å². The molecular formula is C28H33F2N3O. The lowest BCUT2D eigenvalue weighted by Gasteiger charge is -2.48. The Kier molecular flexibility index (Phi) is 7.93. The smallest absolute Gasteiger partial charge is 0.123 e. The van der Waals surface area contributed by atoms with E-state index in [2.05, 4.69) is 22.0 Å². The van der Waals surface area contributed by atoms with Crippen LogP contribution >= 0.6 is 0 Å². The van der Waals surface area contributed by atoms with Gasteiger partial charge in [-0.05, 0) is 53.9 Å². The number of anilines is 1. The summed E-state index contributed by atoms with van der Waals surface area (Å²) in [6, 6.07) is 23.2. The summed E-state index contributed by atoms with van der Waals surface area (Å²) in [6.07, 6.45) is 0.297. The van der Waals surface area contributed by atoms with Crippen molar-refractivity contribution in [2.75, 3.05) is 44.6 Å². The summed E-state index contributed by atoms with van der Waals surface area (Å²) in [4.78, 5) is 4.70. The number of para-hydroxylation sites is 1. The quantitative estimate of drug-likeness (QED) is 0.480. The maximum Gasteiger partial charge on any atom is 0.123 e. The second-order valence-electron chi connectivity index (χ2n) is 8.92. The number of aliphatic hydroxyl groups excluding tert-OH is 1. The van der Waals surface area contributed by atoms with Crippen LogP contribution < -0.4 is 5.32 Å². The third-order valence-corrected chi connectivity index (χ3v) is 6.85. The lowest BCUT2D eigenvalue weighted by Crippen LogP contribution is -2.56. The fraction of sp³-hybridized carbons (Fsp3) is 0.357. The SMILES string of the molecule is CCC(c1ccc(F)cc1)(c1ccc(F)cc1)N1CCN(CC(O)CNc2ccccc2)CC1. The summed E-state index contributed by atoms with van der Waals surface area (Å²) in [5.41, 5.74) is 2.53. The maximum atomic E-state index is 13.7. The van der Waals surface area contributed by atoms with E-state index in [4.69, 9.17) is 0 Å². The molecule has 3 aromatic carbocycles. The van der Waals surface area contributed by atoms with Crippen LogP contribution in [0.15, 0.2) is 78.9 Å². The summed E-state index contributed by atoms with van der Waals surface area (Å²) in [6.45, 7) is 6.42. The van der Waals surface area contributed by atoms with Crippen LogP contribution in [0.5, 0.6) is 0 Å². The van der Waals surface area contributed by atoms with E-state index in [0.717, 1.165) is 49.4 Å². The molecule has 2 N–H and O–H groups in total. The van der Waals surface area contributed by atoms with Crippen LogP contribution in [-0.2, 0) is 5.54 Å². The number of halogens is 2.